The van der Waals surface area contributed by atoms with Gasteiger partial charge in [0.15, 0.2) is 11.2 Å². The Kier molecular flexibility index (Phi) is 5.41. The van der Waals surface area contributed by atoms with E-state index in [4.69, 9.17) is 6.57 Å². The van der Waals surface area contributed by atoms with Crippen molar-refractivity contribution in [2.45, 2.75) is 26.1 Å². The molecule has 0 radical (unpaired) electrons. The van der Waals surface area contributed by atoms with Crippen molar-refractivity contribution in [1.82, 2.24) is 28.7 Å². The average Bonchev–Trinajstić information content (AvgIpc) is 3.30. The van der Waals surface area contributed by atoms with Gasteiger partial charge in [0.05, 0.1) is 6.33 Å². The van der Waals surface area contributed by atoms with Crippen LogP contribution in [0.3, 0.4) is 0 Å². The van der Waals surface area contributed by atoms with Crippen LogP contribution < -0.4 is 21.5 Å². The maximum absolute atomic E-state index is 13.1. The molecular formula is C24H23N9O3S. The van der Waals surface area contributed by atoms with Gasteiger partial charge in [0.25, 0.3) is 12.2 Å². The van der Waals surface area contributed by atoms with Crippen molar-refractivity contribution in [3.8, 4) is 10.6 Å². The first kappa shape index (κ1) is 23.1. The molecule has 2 aliphatic rings. The van der Waals surface area contributed by atoms with Gasteiger partial charge < -0.3 is 14.8 Å². The smallest absolute Gasteiger partial charge is 0.338 e. The van der Waals surface area contributed by atoms with Gasteiger partial charge in [-0.05, 0) is 37.3 Å². The molecule has 0 aromatic carbocycles. The van der Waals surface area contributed by atoms with Crippen LogP contribution in [0, 0.1) is 18.4 Å². The monoisotopic (exact) mass is 517 g/mol. The number of carbonyl (C=O) groups is 1. The Morgan fingerprint density at radius 3 is 2.76 bits per heavy atom. The van der Waals surface area contributed by atoms with E-state index in [0.29, 0.717) is 5.82 Å². The van der Waals surface area contributed by atoms with Crippen LogP contribution in [0.5, 0.6) is 0 Å². The molecule has 5 heterocycles. The number of aromatic nitrogens is 6. The first-order valence-corrected chi connectivity index (χ1v) is 12.7. The van der Waals surface area contributed by atoms with E-state index in [0.717, 1.165) is 45.9 Å². The molecule has 2 fully saturated rings. The van der Waals surface area contributed by atoms with E-state index in [9.17, 15) is 14.4 Å². The van der Waals surface area contributed by atoms with Gasteiger partial charge in [0, 0.05) is 37.3 Å². The number of pyridine rings is 1. The molecule has 6 rings (SSSR count). The predicted octanol–water partition coefficient (Wildman–Crippen LogP) is 1.95. The fourth-order valence-corrected chi connectivity index (χ4v) is 5.63. The maximum Gasteiger partial charge on any atom is 0.338 e. The predicted molar refractivity (Wildman–Crippen MR) is 138 cm³/mol. The molecule has 1 N–H and O–H groups in total. The zero-order valence-corrected chi connectivity index (χ0v) is 21.0. The highest BCUT2D eigenvalue weighted by molar-refractivity contribution is 7.13. The average molecular weight is 518 g/mol. The Balaban J connectivity index is 1.20. The molecule has 1 amide bonds. The first-order valence-electron chi connectivity index (χ1n) is 11.8. The van der Waals surface area contributed by atoms with Crippen molar-refractivity contribution in [2.24, 2.45) is 18.9 Å². The summed E-state index contributed by atoms with van der Waals surface area (Å²) < 4.78 is 3.43. The second kappa shape index (κ2) is 8.67. The molecule has 4 aromatic rings. The summed E-state index contributed by atoms with van der Waals surface area (Å²) in [5.74, 6) is 2.64. The normalized spacial score (nSPS) is 19.0. The van der Waals surface area contributed by atoms with Crippen LogP contribution in [0.4, 0.5) is 11.6 Å². The number of aryl methyl sites for hydroxylation is 1. The number of anilines is 2. The first-order chi connectivity index (χ1) is 17.9. The lowest BCUT2D eigenvalue weighted by Gasteiger charge is -2.18. The number of nitrogens with one attached hydrogen (secondary N) is 1. The molecule has 2 unspecified atom stereocenters. The summed E-state index contributed by atoms with van der Waals surface area (Å²) >= 11 is 1.40. The summed E-state index contributed by atoms with van der Waals surface area (Å²) in [7, 11) is 1.47. The van der Waals surface area contributed by atoms with E-state index < -0.39 is 29.9 Å². The standard InChI is InChI=1S/C24H23N9O3S/c1-13(32-12-27-20-19(32)23(35)33(11-25-2)24(36)30(20)3)21(34)28-17-10-37-22(29-17)14-4-5-18(26-7-14)31-8-15-6-16(15)9-31/h4-5,7,10,12-13,15-16H,6,8-9,11H2,1,3H3,(H,28,34)/t13-,15?,16?/m0/s1. The molecule has 0 bridgehead atoms. The number of amides is 1. The van der Waals surface area contributed by atoms with Crippen molar-refractivity contribution >= 4 is 40.0 Å². The number of piperidine rings is 1. The molecule has 37 heavy (non-hydrogen) atoms. The largest absolute Gasteiger partial charge is 0.356 e. The lowest BCUT2D eigenvalue weighted by atomic mass is 10.3. The van der Waals surface area contributed by atoms with E-state index in [-0.39, 0.29) is 11.2 Å². The third-order valence-electron chi connectivity index (χ3n) is 7.12. The molecule has 12 nitrogen and oxygen atoms in total. The van der Waals surface area contributed by atoms with Crippen LogP contribution in [-0.4, -0.2) is 47.6 Å². The van der Waals surface area contributed by atoms with Crippen LogP contribution in [0.1, 0.15) is 19.4 Å². The minimum atomic E-state index is -0.825. The van der Waals surface area contributed by atoms with Gasteiger partial charge in [0.2, 0.25) is 5.91 Å². The fraction of sp³-hybridized carbons (Fsp3) is 0.375. The second-order valence-electron chi connectivity index (χ2n) is 9.47. The molecule has 1 saturated carbocycles. The Bertz CT molecular complexity index is 1680. The Hall–Kier alpha value is -4.31. The van der Waals surface area contributed by atoms with Crippen LogP contribution in [0.2, 0.25) is 0 Å². The number of hydrogen-bond acceptors (Lipinski definition) is 8. The molecule has 1 aliphatic carbocycles. The summed E-state index contributed by atoms with van der Waals surface area (Å²) in [4.78, 5) is 57.2. The molecule has 1 aliphatic heterocycles. The summed E-state index contributed by atoms with van der Waals surface area (Å²) in [6.45, 7) is 10.4. The van der Waals surface area contributed by atoms with Crippen molar-refractivity contribution < 1.29 is 4.79 Å². The molecule has 4 aromatic heterocycles. The van der Waals surface area contributed by atoms with Gasteiger partial charge in [-0.25, -0.2) is 26.3 Å². The van der Waals surface area contributed by atoms with E-state index in [2.05, 4.69) is 30.0 Å². The van der Waals surface area contributed by atoms with Crippen molar-refractivity contribution in [1.29, 1.82) is 0 Å². The minimum Gasteiger partial charge on any atom is -0.356 e. The molecule has 0 spiro atoms. The number of hydrogen-bond donors (Lipinski definition) is 1. The van der Waals surface area contributed by atoms with E-state index in [1.807, 2.05) is 18.3 Å². The summed E-state index contributed by atoms with van der Waals surface area (Å²) in [5, 5.41) is 5.28. The van der Waals surface area contributed by atoms with Crippen molar-refractivity contribution in [2.75, 3.05) is 23.3 Å². The van der Waals surface area contributed by atoms with E-state index >= 15 is 0 Å². The maximum atomic E-state index is 13.1. The van der Waals surface area contributed by atoms with Crippen LogP contribution >= 0.6 is 11.3 Å². The van der Waals surface area contributed by atoms with Gasteiger partial charge in [0.1, 0.15) is 22.7 Å². The molecule has 188 valence electrons. The number of rotatable bonds is 6. The quantitative estimate of drug-likeness (QED) is 0.388. The van der Waals surface area contributed by atoms with Crippen molar-refractivity contribution in [3.63, 3.8) is 0 Å². The van der Waals surface area contributed by atoms with Crippen LogP contribution in [0.15, 0.2) is 39.6 Å². The van der Waals surface area contributed by atoms with Crippen LogP contribution in [0.25, 0.3) is 26.6 Å². The highest BCUT2D eigenvalue weighted by atomic mass is 32.1. The summed E-state index contributed by atoms with van der Waals surface area (Å²) in [5.41, 5.74) is -0.203. The van der Waals surface area contributed by atoms with Gasteiger partial charge in [-0.1, -0.05) is 0 Å². The zero-order valence-electron chi connectivity index (χ0n) is 20.2. The van der Waals surface area contributed by atoms with Crippen molar-refractivity contribution in [3.05, 3.63) is 62.3 Å². The number of thiazole rings is 1. The lowest BCUT2D eigenvalue weighted by molar-refractivity contribution is -0.118. The van der Waals surface area contributed by atoms with E-state index in [1.165, 1.54) is 40.3 Å². The topological polar surface area (TPSA) is 124 Å². The molecule has 13 heteroatoms. The van der Waals surface area contributed by atoms with Crippen LogP contribution in [-0.2, 0) is 18.5 Å². The SMILES string of the molecule is [C-]#[N+]Cn1c(=O)c2c(ncn2[C@@H](C)C(=O)Nc2csc(-c3ccc(N4CC5CC5C4)nc3)n2)n(C)c1=O. The van der Waals surface area contributed by atoms with Gasteiger partial charge >= 0.3 is 5.69 Å². The molecular weight excluding hydrogens is 494 g/mol. The molecule has 1 saturated heterocycles. The minimum absolute atomic E-state index is 0.0776. The van der Waals surface area contributed by atoms with Gasteiger partial charge in [-0.2, -0.15) is 4.57 Å². The summed E-state index contributed by atoms with van der Waals surface area (Å²) in [6.07, 6.45) is 4.50. The second-order valence-corrected chi connectivity index (χ2v) is 10.3. The highest BCUT2D eigenvalue weighted by Gasteiger charge is 2.45. The van der Waals surface area contributed by atoms with Gasteiger partial charge in [-0.3, -0.25) is 19.0 Å². The van der Waals surface area contributed by atoms with E-state index in [1.54, 1.807) is 12.3 Å². The third-order valence-corrected chi connectivity index (χ3v) is 8.01. The van der Waals surface area contributed by atoms with Gasteiger partial charge in [-0.15, -0.1) is 11.3 Å². The lowest BCUT2D eigenvalue weighted by Crippen LogP contribution is -2.39. The number of nitrogens with zero attached hydrogens (tertiary/aromatic N) is 8. The summed E-state index contributed by atoms with van der Waals surface area (Å²) in [6, 6.07) is 3.18. The zero-order chi connectivity index (χ0) is 25.8. The number of imidazole rings is 1. The fourth-order valence-electron chi connectivity index (χ4n) is 4.88. The Morgan fingerprint density at radius 2 is 2.05 bits per heavy atom. The number of carbonyl (C=O) groups excluding carboxylic acids is 1. The Labute approximate surface area is 214 Å². The third kappa shape index (κ3) is 3.89. The number of fused-ring (bicyclic) bond motifs is 2. The Morgan fingerprint density at radius 1 is 1.27 bits per heavy atom. The highest BCUT2D eigenvalue weighted by Crippen LogP contribution is 2.46. The molecule has 3 atom stereocenters.